The molecule has 0 atom stereocenters. The fourth-order valence-electron chi connectivity index (χ4n) is 2.07. The van der Waals surface area contributed by atoms with E-state index < -0.39 is 0 Å². The van der Waals surface area contributed by atoms with Gasteiger partial charge >= 0.3 is 0 Å². The number of hydrogen-bond acceptors (Lipinski definition) is 4. The third-order valence-electron chi connectivity index (χ3n) is 3.45. The zero-order chi connectivity index (χ0) is 11.1. The molecule has 0 saturated heterocycles. The van der Waals surface area contributed by atoms with Crippen molar-refractivity contribution in [2.24, 2.45) is 11.7 Å². The van der Waals surface area contributed by atoms with Crippen LogP contribution in [0.4, 0.5) is 5.13 Å². The van der Waals surface area contributed by atoms with Crippen LogP contribution < -0.4 is 10.6 Å². The topological polar surface area (TPSA) is 42.2 Å². The minimum Gasteiger partial charge on any atom is -0.345 e. The Morgan fingerprint density at radius 3 is 2.62 bits per heavy atom. The van der Waals surface area contributed by atoms with Gasteiger partial charge in [0.05, 0.1) is 5.69 Å². The molecule has 4 heteroatoms. The van der Waals surface area contributed by atoms with Gasteiger partial charge in [-0.15, -0.1) is 11.3 Å². The summed E-state index contributed by atoms with van der Waals surface area (Å²) in [6, 6.07) is 0.775. The zero-order valence-electron chi connectivity index (χ0n) is 9.78. The molecule has 2 aliphatic rings. The Kier molecular flexibility index (Phi) is 2.64. The summed E-state index contributed by atoms with van der Waals surface area (Å²) in [5.74, 6) is 0.936. The van der Waals surface area contributed by atoms with E-state index in [-0.39, 0.29) is 0 Å². The van der Waals surface area contributed by atoms with Gasteiger partial charge in [-0.1, -0.05) is 0 Å². The first kappa shape index (κ1) is 10.5. The van der Waals surface area contributed by atoms with Gasteiger partial charge in [-0.2, -0.15) is 0 Å². The van der Waals surface area contributed by atoms with Crippen LogP contribution in [0, 0.1) is 12.8 Å². The minimum absolute atomic E-state index is 0.630. The van der Waals surface area contributed by atoms with E-state index in [2.05, 4.69) is 16.8 Å². The molecule has 2 fully saturated rings. The Hall–Kier alpha value is -0.610. The highest BCUT2D eigenvalue weighted by Gasteiger charge is 2.35. The summed E-state index contributed by atoms with van der Waals surface area (Å²) in [5.41, 5.74) is 6.85. The lowest BCUT2D eigenvalue weighted by Crippen LogP contribution is -2.27. The fourth-order valence-corrected chi connectivity index (χ4v) is 3.09. The lowest BCUT2D eigenvalue weighted by Gasteiger charge is -2.21. The summed E-state index contributed by atoms with van der Waals surface area (Å²) >= 11 is 1.80. The number of nitrogens with two attached hydrogens (primary N) is 1. The van der Waals surface area contributed by atoms with Crippen LogP contribution in [0.25, 0.3) is 0 Å². The van der Waals surface area contributed by atoms with Gasteiger partial charge in [0.15, 0.2) is 5.13 Å². The molecule has 0 spiro atoms. The molecule has 0 amide bonds. The van der Waals surface area contributed by atoms with Crippen molar-refractivity contribution >= 4 is 16.5 Å². The molecule has 1 aromatic heterocycles. The molecular formula is C12H19N3S. The normalized spacial score (nSPS) is 20.1. The maximum Gasteiger partial charge on any atom is 0.186 e. The Labute approximate surface area is 101 Å². The largest absolute Gasteiger partial charge is 0.345 e. The maximum absolute atomic E-state index is 5.72. The van der Waals surface area contributed by atoms with Crippen molar-refractivity contribution in [2.75, 3.05) is 11.4 Å². The highest BCUT2D eigenvalue weighted by Crippen LogP contribution is 2.39. The molecule has 0 unspecified atom stereocenters. The van der Waals surface area contributed by atoms with Crippen molar-refractivity contribution in [2.45, 2.75) is 45.2 Å². The summed E-state index contributed by atoms with van der Waals surface area (Å²) < 4.78 is 0. The monoisotopic (exact) mass is 237 g/mol. The van der Waals surface area contributed by atoms with Crippen LogP contribution in [0.1, 0.15) is 36.3 Å². The van der Waals surface area contributed by atoms with Crippen molar-refractivity contribution in [1.29, 1.82) is 0 Å². The van der Waals surface area contributed by atoms with Gasteiger partial charge in [-0.05, 0) is 38.5 Å². The van der Waals surface area contributed by atoms with Gasteiger partial charge in [0, 0.05) is 24.0 Å². The average molecular weight is 237 g/mol. The molecular weight excluding hydrogens is 218 g/mol. The van der Waals surface area contributed by atoms with E-state index >= 15 is 0 Å². The van der Waals surface area contributed by atoms with E-state index in [1.807, 2.05) is 0 Å². The number of aryl methyl sites for hydroxylation is 1. The van der Waals surface area contributed by atoms with Gasteiger partial charge in [-0.3, -0.25) is 0 Å². The molecule has 0 radical (unpaired) electrons. The summed E-state index contributed by atoms with van der Waals surface area (Å²) in [6.07, 6.45) is 5.53. The van der Waals surface area contributed by atoms with E-state index in [0.29, 0.717) is 6.54 Å². The number of hydrogen-bond donors (Lipinski definition) is 1. The van der Waals surface area contributed by atoms with Gasteiger partial charge in [0.25, 0.3) is 0 Å². The highest BCUT2D eigenvalue weighted by atomic mass is 32.1. The molecule has 2 saturated carbocycles. The van der Waals surface area contributed by atoms with E-state index in [1.54, 1.807) is 11.3 Å². The quantitative estimate of drug-likeness (QED) is 0.854. The lowest BCUT2D eigenvalue weighted by molar-refractivity contribution is 0.715. The predicted octanol–water partition coefficient (Wildman–Crippen LogP) is 2.29. The second kappa shape index (κ2) is 4.00. The second-order valence-corrected chi connectivity index (χ2v) is 6.10. The molecule has 0 bridgehead atoms. The molecule has 2 aliphatic carbocycles. The van der Waals surface area contributed by atoms with E-state index in [9.17, 15) is 0 Å². The molecule has 3 rings (SSSR count). The van der Waals surface area contributed by atoms with Crippen molar-refractivity contribution < 1.29 is 0 Å². The molecule has 1 heterocycles. The standard InChI is InChI=1S/C12H19N3S/c1-8-11(6-13)16-12(14-8)15(10-4-5-10)7-9-2-3-9/h9-10H,2-7,13H2,1H3. The van der Waals surface area contributed by atoms with Crippen molar-refractivity contribution in [1.82, 2.24) is 4.98 Å². The fraction of sp³-hybridized carbons (Fsp3) is 0.750. The van der Waals surface area contributed by atoms with E-state index in [0.717, 1.165) is 17.7 Å². The van der Waals surface area contributed by atoms with E-state index in [1.165, 1.54) is 42.2 Å². The van der Waals surface area contributed by atoms with Crippen molar-refractivity contribution in [3.8, 4) is 0 Å². The summed E-state index contributed by atoms with van der Waals surface area (Å²) in [6.45, 7) is 3.93. The summed E-state index contributed by atoms with van der Waals surface area (Å²) in [7, 11) is 0. The van der Waals surface area contributed by atoms with E-state index in [4.69, 9.17) is 5.73 Å². The first-order chi connectivity index (χ1) is 7.78. The molecule has 0 aromatic carbocycles. The Morgan fingerprint density at radius 2 is 2.12 bits per heavy atom. The first-order valence-corrected chi connectivity index (χ1v) is 7.02. The Balaban J connectivity index is 1.79. The summed E-state index contributed by atoms with van der Waals surface area (Å²) in [4.78, 5) is 8.47. The van der Waals surface area contributed by atoms with Gasteiger partial charge in [-0.25, -0.2) is 4.98 Å². The van der Waals surface area contributed by atoms with Crippen LogP contribution in [0.5, 0.6) is 0 Å². The molecule has 88 valence electrons. The number of aromatic nitrogens is 1. The Morgan fingerprint density at radius 1 is 1.38 bits per heavy atom. The molecule has 0 aliphatic heterocycles. The van der Waals surface area contributed by atoms with Crippen molar-refractivity contribution in [3.05, 3.63) is 10.6 Å². The van der Waals surface area contributed by atoms with Crippen LogP contribution in [0.3, 0.4) is 0 Å². The molecule has 3 nitrogen and oxygen atoms in total. The lowest BCUT2D eigenvalue weighted by atomic mass is 10.4. The maximum atomic E-state index is 5.72. The third-order valence-corrected chi connectivity index (χ3v) is 4.67. The predicted molar refractivity (Wildman–Crippen MR) is 67.8 cm³/mol. The number of thiazole rings is 1. The molecule has 16 heavy (non-hydrogen) atoms. The highest BCUT2D eigenvalue weighted by molar-refractivity contribution is 7.15. The smallest absolute Gasteiger partial charge is 0.186 e. The molecule has 1 aromatic rings. The minimum atomic E-state index is 0.630. The van der Waals surface area contributed by atoms with Crippen LogP contribution in [-0.2, 0) is 6.54 Å². The van der Waals surface area contributed by atoms with Crippen molar-refractivity contribution in [3.63, 3.8) is 0 Å². The van der Waals surface area contributed by atoms with Crippen LogP contribution in [-0.4, -0.2) is 17.6 Å². The number of nitrogens with zero attached hydrogens (tertiary/aromatic N) is 2. The van der Waals surface area contributed by atoms with Crippen LogP contribution in [0.2, 0.25) is 0 Å². The molecule has 2 N–H and O–H groups in total. The second-order valence-electron chi connectivity index (χ2n) is 5.04. The first-order valence-electron chi connectivity index (χ1n) is 6.21. The number of anilines is 1. The van der Waals surface area contributed by atoms with Gasteiger partial charge in [0.1, 0.15) is 0 Å². The zero-order valence-corrected chi connectivity index (χ0v) is 10.6. The number of rotatable bonds is 5. The van der Waals surface area contributed by atoms with Crippen LogP contribution >= 0.6 is 11.3 Å². The third kappa shape index (κ3) is 2.09. The SMILES string of the molecule is Cc1nc(N(CC2CC2)C2CC2)sc1CN. The Bertz CT molecular complexity index is 380. The average Bonchev–Trinajstić information content (AvgIpc) is 3.13. The summed E-state index contributed by atoms with van der Waals surface area (Å²) in [5, 5.41) is 1.22. The van der Waals surface area contributed by atoms with Gasteiger partial charge < -0.3 is 10.6 Å². The van der Waals surface area contributed by atoms with Crippen LogP contribution in [0.15, 0.2) is 0 Å². The van der Waals surface area contributed by atoms with Gasteiger partial charge in [0.2, 0.25) is 0 Å².